The molecular formula is C17H29N5O8. The number of carbonyl (C=O) groups excluding carboxylic acids is 4. The first-order chi connectivity index (χ1) is 13.8. The Balaban J connectivity index is 5.18. The lowest BCUT2D eigenvalue weighted by atomic mass is 9.99. The van der Waals surface area contributed by atoms with Crippen LogP contribution in [-0.2, 0) is 28.8 Å². The van der Waals surface area contributed by atoms with E-state index >= 15 is 0 Å². The van der Waals surface area contributed by atoms with Gasteiger partial charge in [-0.1, -0.05) is 20.3 Å². The van der Waals surface area contributed by atoms with Crippen LogP contribution in [0.3, 0.4) is 0 Å². The van der Waals surface area contributed by atoms with Gasteiger partial charge in [-0.2, -0.15) is 0 Å². The Morgan fingerprint density at radius 2 is 1.37 bits per heavy atom. The van der Waals surface area contributed by atoms with Crippen molar-refractivity contribution in [3.63, 3.8) is 0 Å². The number of carbonyl (C=O) groups is 6. The van der Waals surface area contributed by atoms with Gasteiger partial charge in [-0.15, -0.1) is 0 Å². The van der Waals surface area contributed by atoms with Gasteiger partial charge < -0.3 is 37.6 Å². The first-order valence-corrected chi connectivity index (χ1v) is 9.19. The average Bonchev–Trinajstić information content (AvgIpc) is 2.64. The number of hydrogen-bond acceptors (Lipinski definition) is 7. The summed E-state index contributed by atoms with van der Waals surface area (Å²) in [4.78, 5) is 69.8. The molecule has 0 heterocycles. The van der Waals surface area contributed by atoms with Gasteiger partial charge in [0.2, 0.25) is 23.6 Å². The molecule has 0 aromatic rings. The molecule has 5 unspecified atom stereocenters. The van der Waals surface area contributed by atoms with E-state index in [1.807, 2.05) is 12.2 Å². The highest BCUT2D eigenvalue weighted by Gasteiger charge is 2.31. The van der Waals surface area contributed by atoms with Crippen LogP contribution < -0.4 is 27.4 Å². The quantitative estimate of drug-likeness (QED) is 0.160. The SMILES string of the molecule is CCC(C)C(N)C(=O)NC(C)C(=O)NC(CC(N)=O)C(=O)NC(CC(=O)O)C(=O)O. The minimum Gasteiger partial charge on any atom is -0.481 e. The zero-order valence-electron chi connectivity index (χ0n) is 17.0. The molecule has 0 radical (unpaired) electrons. The molecule has 4 amide bonds. The van der Waals surface area contributed by atoms with Crippen LogP contribution in [0.25, 0.3) is 0 Å². The summed E-state index contributed by atoms with van der Waals surface area (Å²) in [6.45, 7) is 4.92. The van der Waals surface area contributed by atoms with Gasteiger partial charge >= 0.3 is 11.9 Å². The van der Waals surface area contributed by atoms with E-state index in [1.165, 1.54) is 6.92 Å². The molecule has 30 heavy (non-hydrogen) atoms. The van der Waals surface area contributed by atoms with E-state index in [0.717, 1.165) is 0 Å². The summed E-state index contributed by atoms with van der Waals surface area (Å²) in [6, 6.07) is -5.35. The predicted octanol–water partition coefficient (Wildman–Crippen LogP) is -2.73. The number of primary amides is 1. The van der Waals surface area contributed by atoms with Gasteiger partial charge in [0.15, 0.2) is 0 Å². The summed E-state index contributed by atoms with van der Waals surface area (Å²) < 4.78 is 0. The van der Waals surface area contributed by atoms with Gasteiger partial charge in [0.1, 0.15) is 18.1 Å². The number of carboxylic acids is 2. The number of hydrogen-bond donors (Lipinski definition) is 7. The largest absolute Gasteiger partial charge is 0.481 e. The highest BCUT2D eigenvalue weighted by Crippen LogP contribution is 2.05. The Kier molecular flexibility index (Phi) is 11.0. The topological polar surface area (TPSA) is 231 Å². The minimum absolute atomic E-state index is 0.143. The van der Waals surface area contributed by atoms with Crippen molar-refractivity contribution in [2.24, 2.45) is 17.4 Å². The minimum atomic E-state index is -1.78. The Morgan fingerprint density at radius 1 is 0.833 bits per heavy atom. The second kappa shape index (κ2) is 12.4. The Labute approximate surface area is 172 Å². The van der Waals surface area contributed by atoms with Crippen LogP contribution in [0.4, 0.5) is 0 Å². The number of amides is 4. The smallest absolute Gasteiger partial charge is 0.326 e. The zero-order valence-corrected chi connectivity index (χ0v) is 17.0. The van der Waals surface area contributed by atoms with Crippen LogP contribution >= 0.6 is 0 Å². The van der Waals surface area contributed by atoms with Gasteiger partial charge in [0.25, 0.3) is 0 Å². The summed E-state index contributed by atoms with van der Waals surface area (Å²) in [7, 11) is 0. The van der Waals surface area contributed by atoms with E-state index in [0.29, 0.717) is 6.42 Å². The molecule has 0 aromatic carbocycles. The Morgan fingerprint density at radius 3 is 1.80 bits per heavy atom. The van der Waals surface area contributed by atoms with Crippen molar-refractivity contribution in [2.45, 2.75) is 64.2 Å². The van der Waals surface area contributed by atoms with Gasteiger partial charge in [-0.3, -0.25) is 24.0 Å². The molecule has 170 valence electrons. The molecule has 0 aliphatic carbocycles. The maximum atomic E-state index is 12.3. The van der Waals surface area contributed by atoms with Crippen molar-refractivity contribution in [1.29, 1.82) is 0 Å². The van der Waals surface area contributed by atoms with Crippen molar-refractivity contribution in [3.05, 3.63) is 0 Å². The van der Waals surface area contributed by atoms with Crippen LogP contribution in [-0.4, -0.2) is 69.9 Å². The third-order valence-corrected chi connectivity index (χ3v) is 4.34. The lowest BCUT2D eigenvalue weighted by molar-refractivity contribution is -0.147. The summed E-state index contributed by atoms with van der Waals surface area (Å²) in [5.74, 6) is -6.78. The fourth-order valence-corrected chi connectivity index (χ4v) is 2.24. The fourth-order valence-electron chi connectivity index (χ4n) is 2.24. The Hall–Kier alpha value is -3.22. The molecule has 0 aliphatic heterocycles. The van der Waals surface area contributed by atoms with Gasteiger partial charge in [-0.25, -0.2) is 4.79 Å². The van der Waals surface area contributed by atoms with Crippen molar-refractivity contribution < 1.29 is 39.0 Å². The van der Waals surface area contributed by atoms with Crippen molar-refractivity contribution in [2.75, 3.05) is 0 Å². The highest BCUT2D eigenvalue weighted by molar-refractivity contribution is 5.96. The van der Waals surface area contributed by atoms with E-state index < -0.39 is 72.6 Å². The molecule has 5 atom stereocenters. The number of nitrogens with one attached hydrogen (secondary N) is 3. The number of rotatable bonds is 13. The highest BCUT2D eigenvalue weighted by atomic mass is 16.4. The molecule has 13 heteroatoms. The molecule has 0 saturated carbocycles. The van der Waals surface area contributed by atoms with Gasteiger partial charge in [-0.05, 0) is 12.8 Å². The van der Waals surface area contributed by atoms with Crippen LogP contribution in [0.1, 0.15) is 40.0 Å². The predicted molar refractivity (Wildman–Crippen MR) is 103 cm³/mol. The lowest BCUT2D eigenvalue weighted by Crippen LogP contribution is -2.57. The van der Waals surface area contributed by atoms with E-state index in [2.05, 4.69) is 10.6 Å². The molecule has 0 aliphatic rings. The normalized spacial score (nSPS) is 15.6. The molecule has 0 fully saturated rings. The molecule has 0 saturated heterocycles. The first-order valence-electron chi connectivity index (χ1n) is 9.19. The van der Waals surface area contributed by atoms with Crippen LogP contribution in [0.5, 0.6) is 0 Å². The monoisotopic (exact) mass is 431 g/mol. The van der Waals surface area contributed by atoms with E-state index in [9.17, 15) is 28.8 Å². The number of carboxylic acid groups (broad SMARTS) is 2. The molecule has 9 N–H and O–H groups in total. The third-order valence-electron chi connectivity index (χ3n) is 4.34. The summed E-state index contributed by atoms with van der Waals surface area (Å²) >= 11 is 0. The van der Waals surface area contributed by atoms with Crippen molar-refractivity contribution in [3.8, 4) is 0 Å². The van der Waals surface area contributed by atoms with Crippen LogP contribution in [0, 0.1) is 5.92 Å². The lowest BCUT2D eigenvalue weighted by Gasteiger charge is -2.23. The van der Waals surface area contributed by atoms with Crippen molar-refractivity contribution in [1.82, 2.24) is 16.0 Å². The van der Waals surface area contributed by atoms with E-state index in [4.69, 9.17) is 21.7 Å². The van der Waals surface area contributed by atoms with E-state index in [-0.39, 0.29) is 5.92 Å². The molecule has 0 bridgehead atoms. The third kappa shape index (κ3) is 9.32. The van der Waals surface area contributed by atoms with Gasteiger partial charge in [0, 0.05) is 0 Å². The Bertz CT molecular complexity index is 683. The fraction of sp³-hybridized carbons (Fsp3) is 0.647. The van der Waals surface area contributed by atoms with E-state index in [1.54, 1.807) is 6.92 Å². The summed E-state index contributed by atoms with van der Waals surface area (Å²) in [6.07, 6.45) is -0.959. The molecular weight excluding hydrogens is 402 g/mol. The second-order valence-corrected chi connectivity index (χ2v) is 6.87. The van der Waals surface area contributed by atoms with Crippen LogP contribution in [0.15, 0.2) is 0 Å². The first kappa shape index (κ1) is 26.8. The molecule has 0 spiro atoms. The number of nitrogens with two attached hydrogens (primary N) is 2. The average molecular weight is 431 g/mol. The van der Waals surface area contributed by atoms with Gasteiger partial charge in [0.05, 0.1) is 18.9 Å². The van der Waals surface area contributed by atoms with Crippen molar-refractivity contribution >= 4 is 35.6 Å². The molecule has 13 nitrogen and oxygen atoms in total. The summed E-state index contributed by atoms with van der Waals surface area (Å²) in [5.41, 5.74) is 10.8. The molecule has 0 aromatic heterocycles. The second-order valence-electron chi connectivity index (χ2n) is 6.87. The maximum Gasteiger partial charge on any atom is 0.326 e. The standard InChI is InChI=1S/C17H29N5O8/c1-4-7(2)13(19)16(28)20-8(3)14(26)21-9(5-11(18)23)15(27)22-10(17(29)30)6-12(24)25/h7-10,13H,4-6,19H2,1-3H3,(H2,18,23)(H,20,28)(H,21,26)(H,22,27)(H,24,25)(H,29,30). The zero-order chi connectivity index (χ0) is 23.6. The summed E-state index contributed by atoms with van der Waals surface area (Å²) in [5, 5.41) is 24.2. The maximum absolute atomic E-state index is 12.3. The number of aliphatic carboxylic acids is 2. The molecule has 0 rings (SSSR count). The van der Waals surface area contributed by atoms with Crippen LogP contribution in [0.2, 0.25) is 0 Å².